The Morgan fingerprint density at radius 3 is 2.94 bits per heavy atom. The molecule has 1 aliphatic rings. The van der Waals surface area contributed by atoms with E-state index in [0.717, 1.165) is 5.56 Å². The predicted molar refractivity (Wildman–Crippen MR) is 64.6 cm³/mol. The van der Waals surface area contributed by atoms with Crippen LogP contribution in [0.15, 0.2) is 30.6 Å². The van der Waals surface area contributed by atoms with E-state index in [2.05, 4.69) is 15.7 Å². The number of benzene rings is 1. The lowest BCUT2D eigenvalue weighted by molar-refractivity contribution is -0.117. The fraction of sp³-hybridized carbons (Fsp3) is 0.167. The van der Waals surface area contributed by atoms with E-state index in [-0.39, 0.29) is 11.7 Å². The third-order valence-electron chi connectivity index (χ3n) is 2.86. The van der Waals surface area contributed by atoms with Gasteiger partial charge >= 0.3 is 0 Å². The molecule has 2 N–H and O–H groups in total. The molecule has 1 unspecified atom stereocenters. The summed E-state index contributed by atoms with van der Waals surface area (Å²) >= 11 is 0. The van der Waals surface area contributed by atoms with Crippen LogP contribution >= 0.6 is 0 Å². The Hall–Kier alpha value is -2.37. The van der Waals surface area contributed by atoms with E-state index in [4.69, 9.17) is 0 Å². The number of halogens is 1. The number of anilines is 2. The van der Waals surface area contributed by atoms with Crippen molar-refractivity contribution >= 4 is 17.3 Å². The number of carbonyl (C=O) groups is 1. The van der Waals surface area contributed by atoms with E-state index < -0.39 is 6.04 Å². The fourth-order valence-corrected chi connectivity index (χ4v) is 1.99. The average molecular weight is 246 g/mol. The number of carbonyl (C=O) groups excluding carboxylic acids is 1. The van der Waals surface area contributed by atoms with Crippen LogP contribution in [0.5, 0.6) is 0 Å². The molecule has 0 spiro atoms. The standard InChI is InChI=1S/C12H11FN4O/c1-17-6-7(5-14-17)11-12(18)16-9-3-2-8(13)4-10(9)15-11/h2-6,11,15H,1H3,(H,16,18). The van der Waals surface area contributed by atoms with E-state index in [1.165, 1.54) is 18.2 Å². The SMILES string of the molecule is Cn1cc(C2Nc3cc(F)ccc3NC2=O)cn1. The third kappa shape index (κ3) is 1.71. The monoisotopic (exact) mass is 246 g/mol. The van der Waals surface area contributed by atoms with Gasteiger partial charge in [-0.3, -0.25) is 9.48 Å². The topological polar surface area (TPSA) is 59.0 Å². The second-order valence-electron chi connectivity index (χ2n) is 4.20. The Bertz CT molecular complexity index is 622. The minimum atomic E-state index is -0.548. The second-order valence-corrected chi connectivity index (χ2v) is 4.20. The number of nitrogens with zero attached hydrogens (tertiary/aromatic N) is 2. The highest BCUT2D eigenvalue weighted by Crippen LogP contribution is 2.32. The van der Waals surface area contributed by atoms with E-state index in [1.807, 2.05) is 0 Å². The first kappa shape index (κ1) is 10.8. The Morgan fingerprint density at radius 1 is 1.39 bits per heavy atom. The highest BCUT2D eigenvalue weighted by Gasteiger charge is 2.27. The number of amides is 1. The summed E-state index contributed by atoms with van der Waals surface area (Å²) in [5, 5.41) is 9.77. The minimum absolute atomic E-state index is 0.179. The van der Waals surface area contributed by atoms with Crippen LogP contribution < -0.4 is 10.6 Å². The smallest absolute Gasteiger partial charge is 0.251 e. The van der Waals surface area contributed by atoms with Gasteiger partial charge < -0.3 is 10.6 Å². The van der Waals surface area contributed by atoms with Crippen molar-refractivity contribution in [2.24, 2.45) is 7.05 Å². The minimum Gasteiger partial charge on any atom is -0.368 e. The van der Waals surface area contributed by atoms with Crippen LogP contribution in [-0.4, -0.2) is 15.7 Å². The van der Waals surface area contributed by atoms with Crippen molar-refractivity contribution in [2.75, 3.05) is 10.6 Å². The number of hydrogen-bond acceptors (Lipinski definition) is 3. The Kier molecular flexibility index (Phi) is 2.29. The van der Waals surface area contributed by atoms with Crippen molar-refractivity contribution in [3.63, 3.8) is 0 Å². The average Bonchev–Trinajstić information content (AvgIpc) is 2.75. The maximum absolute atomic E-state index is 13.2. The van der Waals surface area contributed by atoms with Crippen LogP contribution in [-0.2, 0) is 11.8 Å². The van der Waals surface area contributed by atoms with Gasteiger partial charge in [-0.1, -0.05) is 0 Å². The lowest BCUT2D eigenvalue weighted by Crippen LogP contribution is -2.31. The van der Waals surface area contributed by atoms with E-state index in [9.17, 15) is 9.18 Å². The zero-order chi connectivity index (χ0) is 12.7. The van der Waals surface area contributed by atoms with Crippen LogP contribution in [0.4, 0.5) is 15.8 Å². The molecule has 2 heterocycles. The number of rotatable bonds is 1. The summed E-state index contributed by atoms with van der Waals surface area (Å²) in [6, 6.07) is 3.66. The summed E-state index contributed by atoms with van der Waals surface area (Å²) in [7, 11) is 1.78. The fourth-order valence-electron chi connectivity index (χ4n) is 1.99. The molecule has 1 aromatic heterocycles. The van der Waals surface area contributed by atoms with Gasteiger partial charge in [-0.2, -0.15) is 5.10 Å². The van der Waals surface area contributed by atoms with E-state index in [0.29, 0.717) is 11.4 Å². The Labute approximate surface area is 103 Å². The molecule has 2 aromatic rings. The number of fused-ring (bicyclic) bond motifs is 1. The molecule has 1 atom stereocenters. The van der Waals surface area contributed by atoms with Crippen molar-refractivity contribution in [1.82, 2.24) is 9.78 Å². The summed E-state index contributed by atoms with van der Waals surface area (Å²) in [6.07, 6.45) is 3.36. The van der Waals surface area contributed by atoms with Gasteiger partial charge in [0, 0.05) is 18.8 Å². The van der Waals surface area contributed by atoms with Gasteiger partial charge in [-0.05, 0) is 18.2 Å². The highest BCUT2D eigenvalue weighted by atomic mass is 19.1. The number of aromatic nitrogens is 2. The van der Waals surface area contributed by atoms with Crippen LogP contribution in [0.25, 0.3) is 0 Å². The zero-order valence-corrected chi connectivity index (χ0v) is 9.64. The largest absolute Gasteiger partial charge is 0.368 e. The first-order valence-corrected chi connectivity index (χ1v) is 5.49. The molecule has 6 heteroatoms. The van der Waals surface area contributed by atoms with Gasteiger partial charge in [0.05, 0.1) is 17.6 Å². The van der Waals surface area contributed by atoms with Gasteiger partial charge in [-0.25, -0.2) is 4.39 Å². The lowest BCUT2D eigenvalue weighted by Gasteiger charge is -2.26. The zero-order valence-electron chi connectivity index (χ0n) is 9.64. The van der Waals surface area contributed by atoms with Crippen LogP contribution in [0.2, 0.25) is 0 Å². The summed E-state index contributed by atoms with van der Waals surface area (Å²) in [5.74, 6) is -0.524. The van der Waals surface area contributed by atoms with Gasteiger partial charge in [-0.15, -0.1) is 0 Å². The van der Waals surface area contributed by atoms with Gasteiger partial charge in [0.2, 0.25) is 0 Å². The lowest BCUT2D eigenvalue weighted by atomic mass is 10.1. The van der Waals surface area contributed by atoms with Gasteiger partial charge in [0.1, 0.15) is 11.9 Å². The Morgan fingerprint density at radius 2 is 2.22 bits per heavy atom. The van der Waals surface area contributed by atoms with Gasteiger partial charge in [0.25, 0.3) is 5.91 Å². The summed E-state index contributed by atoms with van der Waals surface area (Å²) in [5.41, 5.74) is 1.90. The van der Waals surface area contributed by atoms with Crippen molar-refractivity contribution < 1.29 is 9.18 Å². The third-order valence-corrected chi connectivity index (χ3v) is 2.86. The molecule has 0 radical (unpaired) electrons. The molecule has 1 aliphatic heterocycles. The Balaban J connectivity index is 1.98. The number of aryl methyl sites for hydroxylation is 1. The summed E-state index contributed by atoms with van der Waals surface area (Å²) in [4.78, 5) is 11.9. The van der Waals surface area contributed by atoms with E-state index in [1.54, 1.807) is 24.1 Å². The maximum atomic E-state index is 13.2. The summed E-state index contributed by atoms with van der Waals surface area (Å²) in [6.45, 7) is 0. The second kappa shape index (κ2) is 3.83. The summed E-state index contributed by atoms with van der Waals surface area (Å²) < 4.78 is 14.8. The molecule has 1 amide bonds. The number of nitrogens with one attached hydrogen (secondary N) is 2. The van der Waals surface area contributed by atoms with Crippen LogP contribution in [0.3, 0.4) is 0 Å². The molecule has 0 fully saturated rings. The first-order valence-electron chi connectivity index (χ1n) is 5.49. The molecular formula is C12H11FN4O. The molecular weight excluding hydrogens is 235 g/mol. The van der Waals surface area contributed by atoms with Crippen molar-refractivity contribution in [1.29, 1.82) is 0 Å². The maximum Gasteiger partial charge on any atom is 0.251 e. The van der Waals surface area contributed by atoms with Crippen LogP contribution in [0, 0.1) is 5.82 Å². The van der Waals surface area contributed by atoms with E-state index >= 15 is 0 Å². The molecule has 3 rings (SSSR count). The van der Waals surface area contributed by atoms with Crippen LogP contribution in [0.1, 0.15) is 11.6 Å². The van der Waals surface area contributed by atoms with Crippen molar-refractivity contribution in [2.45, 2.75) is 6.04 Å². The van der Waals surface area contributed by atoms with Crippen molar-refractivity contribution in [3.05, 3.63) is 42.0 Å². The molecule has 18 heavy (non-hydrogen) atoms. The molecule has 0 saturated heterocycles. The number of hydrogen-bond donors (Lipinski definition) is 2. The molecule has 5 nitrogen and oxygen atoms in total. The van der Waals surface area contributed by atoms with Gasteiger partial charge in [0.15, 0.2) is 0 Å². The highest BCUT2D eigenvalue weighted by molar-refractivity contribution is 6.03. The van der Waals surface area contributed by atoms with Crippen molar-refractivity contribution in [3.8, 4) is 0 Å². The molecule has 92 valence electrons. The first-order chi connectivity index (χ1) is 8.63. The molecule has 1 aromatic carbocycles. The predicted octanol–water partition coefficient (Wildman–Crippen LogP) is 1.66. The quantitative estimate of drug-likeness (QED) is 0.804. The molecule has 0 bridgehead atoms. The molecule has 0 aliphatic carbocycles. The normalized spacial score (nSPS) is 17.9. The molecule has 0 saturated carbocycles.